The topological polar surface area (TPSA) is 26.0 Å². The summed E-state index contributed by atoms with van der Waals surface area (Å²) >= 11 is 6.10. The summed E-state index contributed by atoms with van der Waals surface area (Å²) in [6.45, 7) is 4.31. The van der Waals surface area contributed by atoms with Gasteiger partial charge in [-0.2, -0.15) is 0 Å². The fraction of sp³-hybridized carbons (Fsp3) is 0.800. The van der Waals surface area contributed by atoms with E-state index in [9.17, 15) is 0 Å². The minimum absolute atomic E-state index is 0.231. The zero-order valence-corrected chi connectivity index (χ0v) is 8.64. The maximum atomic E-state index is 6.10. The molecule has 1 nitrogen and oxygen atoms in total. The number of allylic oxidation sites excluding steroid dienone is 1. The normalized spacial score (nSPS) is 27.1. The fourth-order valence-electron chi connectivity index (χ4n) is 1.71. The van der Waals surface area contributed by atoms with Crippen LogP contribution in [-0.2, 0) is 0 Å². The van der Waals surface area contributed by atoms with Gasteiger partial charge in [-0.3, -0.25) is 0 Å². The molecule has 70 valence electrons. The van der Waals surface area contributed by atoms with Crippen LogP contribution in [0.2, 0.25) is 0 Å². The van der Waals surface area contributed by atoms with Crippen LogP contribution in [0.5, 0.6) is 0 Å². The lowest BCUT2D eigenvalue weighted by atomic mass is 9.84. The Hall–Kier alpha value is -0.0100. The molecule has 0 aliphatic heterocycles. The van der Waals surface area contributed by atoms with Gasteiger partial charge in [0.1, 0.15) is 0 Å². The first-order valence-electron chi connectivity index (χ1n) is 4.74. The average Bonchev–Trinajstić information content (AvgIpc) is 2.04. The standard InChI is InChI=1S/C10H18ClN/c1-7(2)10(12)8-5-3-4-6-9(8)11/h6-8,10H,3-5,12H2,1-2H3. The largest absolute Gasteiger partial charge is 0.327 e. The minimum atomic E-state index is 0.231. The van der Waals surface area contributed by atoms with E-state index in [-0.39, 0.29) is 6.04 Å². The molecule has 0 saturated heterocycles. The smallest absolute Gasteiger partial charge is 0.0187 e. The van der Waals surface area contributed by atoms with E-state index >= 15 is 0 Å². The van der Waals surface area contributed by atoms with Crippen LogP contribution in [0.1, 0.15) is 33.1 Å². The van der Waals surface area contributed by atoms with Crippen molar-refractivity contribution >= 4 is 11.6 Å². The lowest BCUT2D eigenvalue weighted by Gasteiger charge is -2.28. The molecule has 1 aliphatic rings. The molecule has 1 rings (SSSR count). The van der Waals surface area contributed by atoms with Crippen LogP contribution in [-0.4, -0.2) is 6.04 Å². The van der Waals surface area contributed by atoms with Gasteiger partial charge in [-0.15, -0.1) is 0 Å². The summed E-state index contributed by atoms with van der Waals surface area (Å²) in [5.41, 5.74) is 6.06. The molecule has 2 unspecified atom stereocenters. The quantitative estimate of drug-likeness (QED) is 0.707. The highest BCUT2D eigenvalue weighted by molar-refractivity contribution is 6.29. The average molecular weight is 188 g/mol. The molecule has 2 heteroatoms. The second-order valence-electron chi connectivity index (χ2n) is 3.95. The first kappa shape index (κ1) is 10.1. The van der Waals surface area contributed by atoms with E-state index < -0.39 is 0 Å². The Morgan fingerprint density at radius 2 is 2.25 bits per heavy atom. The SMILES string of the molecule is CC(C)C(N)C1CCCC=C1Cl. The zero-order valence-electron chi connectivity index (χ0n) is 7.89. The van der Waals surface area contributed by atoms with Crippen LogP contribution in [0.15, 0.2) is 11.1 Å². The van der Waals surface area contributed by atoms with Crippen molar-refractivity contribution in [2.45, 2.75) is 39.2 Å². The number of hydrogen-bond donors (Lipinski definition) is 1. The van der Waals surface area contributed by atoms with E-state index in [0.717, 1.165) is 17.9 Å². The van der Waals surface area contributed by atoms with E-state index in [2.05, 4.69) is 19.9 Å². The molecule has 0 fully saturated rings. The fourth-order valence-corrected chi connectivity index (χ4v) is 2.07. The molecule has 0 aromatic heterocycles. The molecule has 1 aliphatic carbocycles. The van der Waals surface area contributed by atoms with Crippen molar-refractivity contribution in [2.24, 2.45) is 17.6 Å². The molecule has 2 atom stereocenters. The predicted octanol–water partition coefficient (Wildman–Crippen LogP) is 2.89. The molecule has 12 heavy (non-hydrogen) atoms. The zero-order chi connectivity index (χ0) is 9.14. The summed E-state index contributed by atoms with van der Waals surface area (Å²) in [5, 5.41) is 0.988. The molecule has 2 N–H and O–H groups in total. The molecular weight excluding hydrogens is 170 g/mol. The van der Waals surface area contributed by atoms with Crippen LogP contribution in [0.4, 0.5) is 0 Å². The van der Waals surface area contributed by atoms with Crippen LogP contribution in [0.25, 0.3) is 0 Å². The van der Waals surface area contributed by atoms with Crippen LogP contribution >= 0.6 is 11.6 Å². The van der Waals surface area contributed by atoms with Gasteiger partial charge in [-0.1, -0.05) is 31.5 Å². The third-order valence-corrected chi connectivity index (χ3v) is 3.08. The van der Waals surface area contributed by atoms with Gasteiger partial charge in [-0.25, -0.2) is 0 Å². The Morgan fingerprint density at radius 1 is 1.58 bits per heavy atom. The Labute approximate surface area is 80.0 Å². The van der Waals surface area contributed by atoms with Crippen molar-refractivity contribution in [2.75, 3.05) is 0 Å². The van der Waals surface area contributed by atoms with Crippen LogP contribution in [0, 0.1) is 11.8 Å². The lowest BCUT2D eigenvalue weighted by Crippen LogP contribution is -2.36. The Kier molecular flexibility index (Phi) is 3.60. The highest BCUT2D eigenvalue weighted by Crippen LogP contribution is 2.31. The second kappa shape index (κ2) is 4.29. The first-order chi connectivity index (χ1) is 5.63. The molecular formula is C10H18ClN. The van der Waals surface area contributed by atoms with Crippen molar-refractivity contribution < 1.29 is 0 Å². The highest BCUT2D eigenvalue weighted by atomic mass is 35.5. The molecule has 0 bridgehead atoms. The van der Waals surface area contributed by atoms with Crippen molar-refractivity contribution in [1.29, 1.82) is 0 Å². The monoisotopic (exact) mass is 187 g/mol. The summed E-state index contributed by atoms with van der Waals surface area (Å²) < 4.78 is 0. The molecule has 0 spiro atoms. The number of hydrogen-bond acceptors (Lipinski definition) is 1. The molecule has 0 radical (unpaired) electrons. The van der Waals surface area contributed by atoms with Gasteiger partial charge < -0.3 is 5.73 Å². The van der Waals surface area contributed by atoms with Gasteiger partial charge in [0.25, 0.3) is 0 Å². The predicted molar refractivity (Wildman–Crippen MR) is 54.1 cm³/mol. The maximum absolute atomic E-state index is 6.10. The van der Waals surface area contributed by atoms with Gasteiger partial charge >= 0.3 is 0 Å². The molecule has 0 aromatic carbocycles. The van der Waals surface area contributed by atoms with E-state index in [4.69, 9.17) is 17.3 Å². The first-order valence-corrected chi connectivity index (χ1v) is 5.12. The van der Waals surface area contributed by atoms with E-state index in [0.29, 0.717) is 11.8 Å². The van der Waals surface area contributed by atoms with Crippen molar-refractivity contribution in [3.05, 3.63) is 11.1 Å². The Balaban J connectivity index is 2.61. The van der Waals surface area contributed by atoms with Gasteiger partial charge in [0.2, 0.25) is 0 Å². The third-order valence-electron chi connectivity index (χ3n) is 2.65. The van der Waals surface area contributed by atoms with Gasteiger partial charge in [0.15, 0.2) is 0 Å². The third kappa shape index (κ3) is 2.24. The van der Waals surface area contributed by atoms with Crippen molar-refractivity contribution in [3.8, 4) is 0 Å². The number of nitrogens with two attached hydrogens (primary N) is 1. The van der Waals surface area contributed by atoms with E-state index in [1.807, 2.05) is 0 Å². The summed E-state index contributed by atoms with van der Waals surface area (Å²) in [7, 11) is 0. The highest BCUT2D eigenvalue weighted by Gasteiger charge is 2.24. The Bertz CT molecular complexity index is 175. The Morgan fingerprint density at radius 3 is 2.75 bits per heavy atom. The van der Waals surface area contributed by atoms with E-state index in [1.54, 1.807) is 0 Å². The summed E-state index contributed by atoms with van der Waals surface area (Å²) in [6.07, 6.45) is 5.65. The van der Waals surface area contributed by atoms with Gasteiger partial charge in [0, 0.05) is 17.0 Å². The summed E-state index contributed by atoms with van der Waals surface area (Å²) in [4.78, 5) is 0. The second-order valence-corrected chi connectivity index (χ2v) is 4.38. The molecule has 0 heterocycles. The van der Waals surface area contributed by atoms with Crippen LogP contribution < -0.4 is 5.73 Å². The van der Waals surface area contributed by atoms with E-state index in [1.165, 1.54) is 6.42 Å². The van der Waals surface area contributed by atoms with Crippen LogP contribution in [0.3, 0.4) is 0 Å². The van der Waals surface area contributed by atoms with Crippen molar-refractivity contribution in [1.82, 2.24) is 0 Å². The van der Waals surface area contributed by atoms with Crippen molar-refractivity contribution in [3.63, 3.8) is 0 Å². The molecule has 0 aromatic rings. The molecule has 0 amide bonds. The number of halogens is 1. The lowest BCUT2D eigenvalue weighted by molar-refractivity contribution is 0.357. The number of rotatable bonds is 2. The maximum Gasteiger partial charge on any atom is 0.0187 e. The summed E-state index contributed by atoms with van der Waals surface area (Å²) in [5.74, 6) is 0.940. The van der Waals surface area contributed by atoms with Gasteiger partial charge in [0.05, 0.1) is 0 Å². The minimum Gasteiger partial charge on any atom is -0.327 e. The molecule has 0 saturated carbocycles. The summed E-state index contributed by atoms with van der Waals surface area (Å²) in [6, 6.07) is 0.231. The van der Waals surface area contributed by atoms with Gasteiger partial charge in [-0.05, 0) is 25.2 Å².